The molecular weight excluding hydrogens is 764 g/mol. The maximum Gasteiger partial charge on any atom is 1.00 e. The van der Waals surface area contributed by atoms with E-state index in [1.165, 1.54) is 19.9 Å². The second kappa shape index (κ2) is 17.3. The summed E-state index contributed by atoms with van der Waals surface area (Å²) in [5, 5.41) is 12.5. The molecule has 0 heterocycles. The molecule has 0 bridgehead atoms. The van der Waals surface area contributed by atoms with E-state index in [1.807, 2.05) is 102 Å². The Labute approximate surface area is 350 Å². The van der Waals surface area contributed by atoms with E-state index in [-0.39, 0.29) is 46.9 Å². The molecule has 12 nitrogen and oxygen atoms in total. The van der Waals surface area contributed by atoms with E-state index in [0.717, 1.165) is 62.2 Å². The smallest absolute Gasteiger partial charge is 0.744 e. The van der Waals surface area contributed by atoms with E-state index < -0.39 is 35.9 Å². The summed E-state index contributed by atoms with van der Waals surface area (Å²) in [6, 6.07) is 21.3. The van der Waals surface area contributed by atoms with Crippen LogP contribution >= 0.6 is 0 Å². The molecule has 0 aromatic heterocycles. The zero-order chi connectivity index (χ0) is 40.6. The zero-order valence-corrected chi connectivity index (χ0v) is 36.3. The van der Waals surface area contributed by atoms with E-state index in [1.54, 1.807) is 0 Å². The molecule has 0 fully saturated rings. The largest absolute Gasteiger partial charge is 1.00 e. The van der Waals surface area contributed by atoms with Crippen LogP contribution < -0.4 is 50.8 Å². The molecular formula is C41H42N4NaO8S2-. The molecule has 15 heteroatoms. The Bertz CT molecular complexity index is 2420. The maximum absolute atomic E-state index is 12.8. The monoisotopic (exact) mass is 805 g/mol. The van der Waals surface area contributed by atoms with Gasteiger partial charge in [0.1, 0.15) is 20.2 Å². The van der Waals surface area contributed by atoms with Gasteiger partial charge in [0.25, 0.3) is 0 Å². The van der Waals surface area contributed by atoms with Gasteiger partial charge in [-0.05, 0) is 152 Å². The van der Waals surface area contributed by atoms with Gasteiger partial charge in [-0.3, -0.25) is 9.59 Å². The summed E-state index contributed by atoms with van der Waals surface area (Å²) in [6.45, 7) is 14.2. The molecule has 0 aliphatic rings. The van der Waals surface area contributed by atoms with Crippen LogP contribution in [-0.2, 0) is 29.8 Å². The number of amides is 2. The molecule has 4 N–H and O–H groups in total. The second-order valence-corrected chi connectivity index (χ2v) is 16.5. The molecule has 0 saturated heterocycles. The number of rotatable bonds is 11. The fourth-order valence-corrected chi connectivity index (χ4v) is 8.26. The van der Waals surface area contributed by atoms with Gasteiger partial charge in [0, 0.05) is 53.9 Å². The Morgan fingerprint density at radius 3 is 1.18 bits per heavy atom. The fourth-order valence-electron chi connectivity index (χ4n) is 6.94. The van der Waals surface area contributed by atoms with Gasteiger partial charge in [0.05, 0.1) is 9.79 Å². The van der Waals surface area contributed by atoms with Gasteiger partial charge < -0.3 is 30.4 Å². The van der Waals surface area contributed by atoms with Crippen LogP contribution in [0.2, 0.25) is 0 Å². The van der Waals surface area contributed by atoms with E-state index in [0.29, 0.717) is 28.6 Å². The van der Waals surface area contributed by atoms with E-state index in [2.05, 4.69) is 21.3 Å². The minimum Gasteiger partial charge on any atom is -0.744 e. The van der Waals surface area contributed by atoms with Crippen molar-refractivity contribution in [3.63, 3.8) is 0 Å². The molecule has 5 aromatic carbocycles. The molecule has 0 unspecified atom stereocenters. The second-order valence-electron chi connectivity index (χ2n) is 13.8. The summed E-state index contributed by atoms with van der Waals surface area (Å²) in [4.78, 5) is 21.6. The Morgan fingerprint density at radius 1 is 0.500 bits per heavy atom. The minimum absolute atomic E-state index is 0. The van der Waals surface area contributed by atoms with Gasteiger partial charge in [-0.15, -0.1) is 0 Å². The van der Waals surface area contributed by atoms with Crippen molar-refractivity contribution in [1.82, 2.24) is 0 Å². The Morgan fingerprint density at radius 2 is 0.857 bits per heavy atom. The SMILES string of the molecule is CC(=O)Nc1cc(C)c(Nc2ccc(C(c3ccc(Nc4c(C)cc(NC(C)=O)cc4C)cc3C)c3ccc(S(=O)(=O)[O-])cc3S(=O)(=O)[O-])c(C)c2)c(C)c1.[Na+]. The third kappa shape index (κ3) is 10.2. The van der Waals surface area contributed by atoms with Gasteiger partial charge in [-0.25, -0.2) is 16.8 Å². The zero-order valence-electron chi connectivity index (χ0n) is 32.7. The van der Waals surface area contributed by atoms with E-state index in [9.17, 15) is 35.5 Å². The van der Waals surface area contributed by atoms with Gasteiger partial charge >= 0.3 is 29.6 Å². The first-order valence-corrected chi connectivity index (χ1v) is 20.0. The predicted octanol–water partition coefficient (Wildman–Crippen LogP) is 4.93. The first-order chi connectivity index (χ1) is 25.6. The summed E-state index contributed by atoms with van der Waals surface area (Å²) >= 11 is 0. The van der Waals surface area contributed by atoms with Crippen molar-refractivity contribution < 1.29 is 65.1 Å². The number of carbonyl (C=O) groups is 2. The van der Waals surface area contributed by atoms with Crippen LogP contribution in [-0.4, -0.2) is 37.8 Å². The van der Waals surface area contributed by atoms with Crippen LogP contribution in [0.5, 0.6) is 0 Å². The van der Waals surface area contributed by atoms with Crippen molar-refractivity contribution in [3.05, 3.63) is 129 Å². The summed E-state index contributed by atoms with van der Waals surface area (Å²) in [5.41, 5.74) is 10.7. The summed E-state index contributed by atoms with van der Waals surface area (Å²) in [6.07, 6.45) is 0. The topological polar surface area (TPSA) is 197 Å². The van der Waals surface area contributed by atoms with Gasteiger partial charge in [0.2, 0.25) is 11.8 Å². The number of nitrogens with one attached hydrogen (secondary N) is 4. The number of aryl methyl sites for hydroxylation is 6. The van der Waals surface area contributed by atoms with Gasteiger partial charge in [0.15, 0.2) is 0 Å². The number of hydrogen-bond acceptors (Lipinski definition) is 10. The average Bonchev–Trinajstić information content (AvgIpc) is 3.05. The first-order valence-electron chi connectivity index (χ1n) is 17.2. The predicted molar refractivity (Wildman–Crippen MR) is 213 cm³/mol. The molecule has 5 aromatic rings. The Kier molecular flexibility index (Phi) is 13.7. The van der Waals surface area contributed by atoms with Crippen molar-refractivity contribution in [2.24, 2.45) is 0 Å². The molecule has 0 aliphatic heterocycles. The minimum atomic E-state index is -5.27. The van der Waals surface area contributed by atoms with Crippen molar-refractivity contribution in [1.29, 1.82) is 0 Å². The quantitative estimate of drug-likeness (QED) is 0.0807. The van der Waals surface area contributed by atoms with Crippen molar-refractivity contribution in [3.8, 4) is 0 Å². The van der Waals surface area contributed by atoms with Crippen LogP contribution in [0.15, 0.2) is 88.7 Å². The van der Waals surface area contributed by atoms with Crippen LogP contribution in [0.25, 0.3) is 0 Å². The van der Waals surface area contributed by atoms with Crippen molar-refractivity contribution in [2.45, 2.75) is 71.1 Å². The van der Waals surface area contributed by atoms with Crippen molar-refractivity contribution in [2.75, 3.05) is 21.3 Å². The molecule has 5 rings (SSSR count). The third-order valence-electron chi connectivity index (χ3n) is 9.26. The van der Waals surface area contributed by atoms with Crippen LogP contribution in [0.3, 0.4) is 0 Å². The Hall–Kier alpha value is -4.54. The van der Waals surface area contributed by atoms with E-state index in [4.69, 9.17) is 0 Å². The summed E-state index contributed by atoms with van der Waals surface area (Å²) < 4.78 is 74.1. The number of benzene rings is 5. The standard InChI is InChI=1S/C41H44N4O8S2.Na/c1-22-15-30(44-40-24(3)17-32(18-25(40)4)42-28(7)46)9-12-35(22)39(37-14-11-34(54(48,49)50)21-38(37)55(51,52)53)36-13-10-31(16-23(36)2)45-41-26(5)19-33(20-27(41)6)43-29(8)47;/h9-21,39,44-45H,1-8H3,(H,42,46)(H,43,47)(H,48,49,50)(H,51,52,53);/q;+1/p-2. The van der Waals surface area contributed by atoms with Crippen LogP contribution in [0.1, 0.15) is 69.8 Å². The van der Waals surface area contributed by atoms with Crippen molar-refractivity contribution >= 4 is 66.2 Å². The molecule has 0 spiro atoms. The normalized spacial score (nSPS) is 11.5. The molecule has 0 atom stereocenters. The van der Waals surface area contributed by atoms with Gasteiger partial charge in [-0.2, -0.15) is 0 Å². The van der Waals surface area contributed by atoms with Gasteiger partial charge in [-0.1, -0.05) is 18.2 Å². The number of hydrogen-bond donors (Lipinski definition) is 4. The van der Waals surface area contributed by atoms with E-state index >= 15 is 0 Å². The molecule has 288 valence electrons. The molecule has 0 aliphatic carbocycles. The van der Waals surface area contributed by atoms with Crippen LogP contribution in [0, 0.1) is 41.5 Å². The van der Waals surface area contributed by atoms with Crippen LogP contribution in [0.4, 0.5) is 34.1 Å². The third-order valence-corrected chi connectivity index (χ3v) is 11.0. The summed E-state index contributed by atoms with van der Waals surface area (Å²) in [5.74, 6) is -1.25. The maximum atomic E-state index is 12.8. The summed E-state index contributed by atoms with van der Waals surface area (Å²) in [7, 11) is -10.4. The number of carbonyl (C=O) groups excluding carboxylic acids is 2. The first kappa shape index (κ1) is 44.2. The molecule has 0 saturated carbocycles. The Balaban J connectivity index is 0.00000696. The molecule has 56 heavy (non-hydrogen) atoms. The molecule has 2 amide bonds. The molecule has 0 radical (unpaired) electrons. The fraction of sp³-hybridized carbons (Fsp3) is 0.220. The number of anilines is 6. The average molecular weight is 806 g/mol.